The van der Waals surface area contributed by atoms with Crippen LogP contribution in [0.25, 0.3) is 0 Å². The van der Waals surface area contributed by atoms with E-state index in [-0.39, 0.29) is 5.91 Å². The molecule has 0 atom stereocenters. The fourth-order valence-electron chi connectivity index (χ4n) is 3.04. The maximum Gasteiger partial charge on any atom is 0.270 e. The van der Waals surface area contributed by atoms with Crippen LogP contribution in [0.2, 0.25) is 0 Å². The number of anilines is 1. The molecule has 0 radical (unpaired) electrons. The molecule has 1 fully saturated rings. The summed E-state index contributed by atoms with van der Waals surface area (Å²) >= 11 is 1.56. The first-order valence-electron chi connectivity index (χ1n) is 9.39. The predicted molar refractivity (Wildman–Crippen MR) is 110 cm³/mol. The number of nitrogens with one attached hydrogen (secondary N) is 1. The normalized spacial score (nSPS) is 15.2. The van der Waals surface area contributed by atoms with Gasteiger partial charge >= 0.3 is 0 Å². The Hall–Kier alpha value is -2.12. The van der Waals surface area contributed by atoms with Crippen LogP contribution in [0, 0.1) is 5.92 Å². The molecular formula is C20H28N4O2S. The maximum absolute atomic E-state index is 12.1. The summed E-state index contributed by atoms with van der Waals surface area (Å²) in [6.45, 7) is 9.54. The third-order valence-electron chi connectivity index (χ3n) is 4.60. The van der Waals surface area contributed by atoms with Crippen LogP contribution in [-0.4, -0.2) is 55.6 Å². The summed E-state index contributed by atoms with van der Waals surface area (Å²) in [5.41, 5.74) is 1.73. The molecule has 1 aromatic carbocycles. The SMILES string of the molecule is COc1cccc(N2CCN(Cc3nc(C(=O)NCC(C)C)cs3)CC2)c1. The molecule has 1 N–H and O–H groups in total. The molecule has 146 valence electrons. The Morgan fingerprint density at radius 3 is 2.78 bits per heavy atom. The van der Waals surface area contributed by atoms with Crippen LogP contribution in [0.5, 0.6) is 5.75 Å². The van der Waals surface area contributed by atoms with Gasteiger partial charge in [0.1, 0.15) is 16.5 Å². The second-order valence-corrected chi connectivity index (χ2v) is 8.14. The smallest absolute Gasteiger partial charge is 0.270 e. The topological polar surface area (TPSA) is 57.7 Å². The third kappa shape index (κ3) is 5.43. The minimum Gasteiger partial charge on any atom is -0.497 e. The van der Waals surface area contributed by atoms with Crippen molar-refractivity contribution in [3.8, 4) is 5.75 Å². The third-order valence-corrected chi connectivity index (χ3v) is 5.44. The van der Waals surface area contributed by atoms with Gasteiger partial charge in [-0.25, -0.2) is 4.98 Å². The van der Waals surface area contributed by atoms with Crippen molar-refractivity contribution in [2.24, 2.45) is 5.92 Å². The Morgan fingerprint density at radius 1 is 1.30 bits per heavy atom. The van der Waals surface area contributed by atoms with Gasteiger partial charge in [0.25, 0.3) is 5.91 Å². The van der Waals surface area contributed by atoms with Gasteiger partial charge in [-0.3, -0.25) is 9.69 Å². The number of nitrogens with zero attached hydrogens (tertiary/aromatic N) is 3. The first-order valence-corrected chi connectivity index (χ1v) is 10.3. The lowest BCUT2D eigenvalue weighted by Crippen LogP contribution is -2.45. The van der Waals surface area contributed by atoms with Gasteiger partial charge in [0.2, 0.25) is 0 Å². The van der Waals surface area contributed by atoms with Gasteiger partial charge in [0.15, 0.2) is 0 Å². The van der Waals surface area contributed by atoms with E-state index >= 15 is 0 Å². The van der Waals surface area contributed by atoms with E-state index in [1.165, 1.54) is 5.69 Å². The second-order valence-electron chi connectivity index (χ2n) is 7.20. The molecule has 1 amide bonds. The lowest BCUT2D eigenvalue weighted by atomic mass is 10.2. The van der Waals surface area contributed by atoms with Crippen molar-refractivity contribution >= 4 is 22.9 Å². The molecule has 1 aromatic heterocycles. The molecule has 0 spiro atoms. The van der Waals surface area contributed by atoms with E-state index in [4.69, 9.17) is 4.74 Å². The lowest BCUT2D eigenvalue weighted by molar-refractivity contribution is 0.0944. The molecule has 27 heavy (non-hydrogen) atoms. The predicted octanol–water partition coefficient (Wildman–Crippen LogP) is 2.86. The number of amides is 1. The fraction of sp³-hybridized carbons (Fsp3) is 0.500. The molecular weight excluding hydrogens is 360 g/mol. The Labute approximate surface area is 165 Å². The summed E-state index contributed by atoms with van der Waals surface area (Å²) in [6.07, 6.45) is 0. The molecule has 0 unspecified atom stereocenters. The van der Waals surface area contributed by atoms with E-state index in [0.29, 0.717) is 18.2 Å². The Balaban J connectivity index is 1.50. The zero-order valence-electron chi connectivity index (χ0n) is 16.3. The molecule has 6 nitrogen and oxygen atoms in total. The standard InChI is InChI=1S/C20H28N4O2S/c1-15(2)12-21-20(25)18-14-27-19(22-18)13-23-7-9-24(10-8-23)16-5-4-6-17(11-16)26-3/h4-6,11,14-15H,7-10,12-13H2,1-3H3,(H,21,25). The van der Waals surface area contributed by atoms with Crippen molar-refractivity contribution in [3.63, 3.8) is 0 Å². The Bertz CT molecular complexity index is 754. The quantitative estimate of drug-likeness (QED) is 0.790. The lowest BCUT2D eigenvalue weighted by Gasteiger charge is -2.35. The Morgan fingerprint density at radius 2 is 2.07 bits per heavy atom. The van der Waals surface area contributed by atoms with Gasteiger partial charge in [-0.15, -0.1) is 11.3 Å². The van der Waals surface area contributed by atoms with E-state index in [2.05, 4.69) is 46.1 Å². The van der Waals surface area contributed by atoms with E-state index in [0.717, 1.165) is 43.5 Å². The summed E-state index contributed by atoms with van der Waals surface area (Å²) in [5.74, 6) is 1.25. The number of methoxy groups -OCH3 is 1. The van der Waals surface area contributed by atoms with Crippen LogP contribution in [0.15, 0.2) is 29.6 Å². The summed E-state index contributed by atoms with van der Waals surface area (Å²) in [4.78, 5) is 21.4. The van der Waals surface area contributed by atoms with Gasteiger partial charge in [-0.2, -0.15) is 0 Å². The molecule has 7 heteroatoms. The van der Waals surface area contributed by atoms with Crippen LogP contribution in [0.1, 0.15) is 29.3 Å². The number of aromatic nitrogens is 1. The van der Waals surface area contributed by atoms with Gasteiger partial charge in [0, 0.05) is 49.9 Å². The number of carbonyl (C=O) groups excluding carboxylic acids is 1. The number of piperazine rings is 1. The monoisotopic (exact) mass is 388 g/mol. The molecule has 1 aliphatic heterocycles. The molecule has 2 heterocycles. The highest BCUT2D eigenvalue weighted by molar-refractivity contribution is 7.09. The molecule has 3 rings (SSSR count). The van der Waals surface area contributed by atoms with Gasteiger partial charge in [-0.05, 0) is 18.1 Å². The fourth-order valence-corrected chi connectivity index (χ4v) is 3.85. The van der Waals surface area contributed by atoms with Crippen LogP contribution in [-0.2, 0) is 6.54 Å². The van der Waals surface area contributed by atoms with Gasteiger partial charge in [0.05, 0.1) is 13.7 Å². The average molecular weight is 389 g/mol. The summed E-state index contributed by atoms with van der Waals surface area (Å²) in [5, 5.41) is 5.78. The largest absolute Gasteiger partial charge is 0.497 e. The highest BCUT2D eigenvalue weighted by atomic mass is 32.1. The van der Waals surface area contributed by atoms with E-state index in [1.54, 1.807) is 18.4 Å². The van der Waals surface area contributed by atoms with Crippen molar-refractivity contribution < 1.29 is 9.53 Å². The minimum atomic E-state index is -0.0750. The number of benzene rings is 1. The van der Waals surface area contributed by atoms with Crippen LogP contribution < -0.4 is 15.0 Å². The molecule has 1 saturated heterocycles. The minimum absolute atomic E-state index is 0.0750. The first kappa shape index (κ1) is 19.6. The first-order chi connectivity index (χ1) is 13.0. The number of ether oxygens (including phenoxy) is 1. The van der Waals surface area contributed by atoms with Gasteiger partial charge in [-0.1, -0.05) is 19.9 Å². The van der Waals surface area contributed by atoms with Gasteiger partial charge < -0.3 is 15.0 Å². The number of rotatable bonds is 7. The van der Waals surface area contributed by atoms with Crippen LogP contribution in [0.4, 0.5) is 5.69 Å². The molecule has 0 bridgehead atoms. The van der Waals surface area contributed by atoms with Crippen molar-refractivity contribution in [2.45, 2.75) is 20.4 Å². The van der Waals surface area contributed by atoms with Crippen molar-refractivity contribution in [3.05, 3.63) is 40.3 Å². The molecule has 0 saturated carbocycles. The Kier molecular flexibility index (Phi) is 6.68. The molecule has 1 aliphatic rings. The zero-order valence-corrected chi connectivity index (χ0v) is 17.1. The van der Waals surface area contributed by atoms with Crippen molar-refractivity contribution in [1.29, 1.82) is 0 Å². The highest BCUT2D eigenvalue weighted by Gasteiger charge is 2.19. The van der Waals surface area contributed by atoms with Crippen molar-refractivity contribution in [2.75, 3.05) is 44.7 Å². The average Bonchev–Trinajstić information content (AvgIpc) is 3.15. The maximum atomic E-state index is 12.1. The number of carbonyl (C=O) groups is 1. The van der Waals surface area contributed by atoms with E-state index < -0.39 is 0 Å². The molecule has 2 aromatic rings. The summed E-state index contributed by atoms with van der Waals surface area (Å²) < 4.78 is 5.32. The van der Waals surface area contributed by atoms with E-state index in [9.17, 15) is 4.79 Å². The van der Waals surface area contributed by atoms with Crippen LogP contribution in [0.3, 0.4) is 0 Å². The number of thiazole rings is 1. The highest BCUT2D eigenvalue weighted by Crippen LogP contribution is 2.22. The summed E-state index contributed by atoms with van der Waals surface area (Å²) in [6, 6.07) is 8.21. The second kappa shape index (κ2) is 9.19. The molecule has 0 aliphatic carbocycles. The zero-order chi connectivity index (χ0) is 19.2. The number of hydrogen-bond acceptors (Lipinski definition) is 6. The summed E-state index contributed by atoms with van der Waals surface area (Å²) in [7, 11) is 1.70. The van der Waals surface area contributed by atoms with Crippen LogP contribution >= 0.6 is 11.3 Å². The number of hydrogen-bond donors (Lipinski definition) is 1. The van der Waals surface area contributed by atoms with E-state index in [1.807, 2.05) is 17.5 Å². The van der Waals surface area contributed by atoms with Crippen molar-refractivity contribution in [1.82, 2.24) is 15.2 Å².